The summed E-state index contributed by atoms with van der Waals surface area (Å²) >= 11 is 7.47. The normalized spacial score (nSPS) is 17.9. The molecule has 1 unspecified atom stereocenters. The highest BCUT2D eigenvalue weighted by molar-refractivity contribution is 7.12. The van der Waals surface area contributed by atoms with Gasteiger partial charge in [-0.2, -0.15) is 0 Å². The van der Waals surface area contributed by atoms with E-state index in [9.17, 15) is 4.79 Å². The maximum absolute atomic E-state index is 11.5. The fourth-order valence-electron chi connectivity index (χ4n) is 1.13. The number of rotatable bonds is 3. The van der Waals surface area contributed by atoms with Gasteiger partial charge in [-0.1, -0.05) is 0 Å². The summed E-state index contributed by atoms with van der Waals surface area (Å²) in [6, 6.07) is 0.359. The highest BCUT2D eigenvalue weighted by atomic mass is 35.5. The number of thiazole rings is 1. The van der Waals surface area contributed by atoms with Crippen LogP contribution in [0.5, 0.6) is 0 Å². The third-order valence-electron chi connectivity index (χ3n) is 2.04. The van der Waals surface area contributed by atoms with E-state index in [2.05, 4.69) is 10.3 Å². The molecule has 14 heavy (non-hydrogen) atoms. The molecule has 0 spiro atoms. The first kappa shape index (κ1) is 9.93. The summed E-state index contributed by atoms with van der Waals surface area (Å²) < 4.78 is 0. The van der Waals surface area contributed by atoms with E-state index in [4.69, 9.17) is 11.6 Å². The molecule has 1 aromatic rings. The van der Waals surface area contributed by atoms with Crippen molar-refractivity contribution >= 4 is 28.8 Å². The summed E-state index contributed by atoms with van der Waals surface area (Å²) in [5.41, 5.74) is 0. The van der Waals surface area contributed by atoms with Crippen LogP contribution in [0.1, 0.15) is 28.1 Å². The Morgan fingerprint density at radius 3 is 3.00 bits per heavy atom. The van der Waals surface area contributed by atoms with Crippen LogP contribution in [0.2, 0.25) is 0 Å². The molecule has 2 rings (SSSR count). The fraction of sp³-hybridized carbons (Fsp3) is 0.556. The molecule has 1 atom stereocenters. The van der Waals surface area contributed by atoms with E-state index < -0.39 is 5.38 Å². The van der Waals surface area contributed by atoms with Gasteiger partial charge in [-0.3, -0.25) is 4.79 Å². The molecular weight excluding hydrogens is 220 g/mol. The second kappa shape index (κ2) is 3.87. The van der Waals surface area contributed by atoms with E-state index in [1.807, 2.05) is 6.92 Å². The van der Waals surface area contributed by atoms with Crippen molar-refractivity contribution in [1.82, 2.24) is 10.3 Å². The zero-order valence-electron chi connectivity index (χ0n) is 7.79. The van der Waals surface area contributed by atoms with Crippen molar-refractivity contribution in [3.05, 3.63) is 16.1 Å². The van der Waals surface area contributed by atoms with Crippen LogP contribution >= 0.6 is 22.9 Å². The first-order valence-corrected chi connectivity index (χ1v) is 5.79. The molecule has 0 bridgehead atoms. The Morgan fingerprint density at radius 2 is 2.50 bits per heavy atom. The number of nitrogens with one attached hydrogen (secondary N) is 1. The number of aromatic nitrogens is 1. The van der Waals surface area contributed by atoms with Crippen LogP contribution in [0, 0.1) is 6.92 Å². The molecule has 5 heteroatoms. The highest BCUT2D eigenvalue weighted by Crippen LogP contribution is 2.28. The molecule has 1 heterocycles. The lowest BCUT2D eigenvalue weighted by Crippen LogP contribution is -2.28. The lowest BCUT2D eigenvalue weighted by atomic mass is 10.3. The monoisotopic (exact) mass is 230 g/mol. The molecule has 1 N–H and O–H groups in total. The maximum Gasteiger partial charge on any atom is 0.243 e. The standard InChI is InChI=1S/C9H11ClN2OS/c1-5-11-4-7(14-5)8(10)9(13)12-6-2-3-6/h4,6,8H,2-3H2,1H3,(H,12,13). The van der Waals surface area contributed by atoms with Gasteiger partial charge in [0.05, 0.1) is 9.88 Å². The summed E-state index contributed by atoms with van der Waals surface area (Å²) in [7, 11) is 0. The van der Waals surface area contributed by atoms with Gasteiger partial charge in [-0.05, 0) is 19.8 Å². The molecule has 1 aliphatic rings. The minimum absolute atomic E-state index is 0.0992. The Morgan fingerprint density at radius 1 is 1.79 bits per heavy atom. The molecule has 0 aliphatic heterocycles. The van der Waals surface area contributed by atoms with Crippen LogP contribution in [-0.2, 0) is 4.79 Å². The average Bonchev–Trinajstić information content (AvgIpc) is 2.85. The minimum Gasteiger partial charge on any atom is -0.352 e. The van der Waals surface area contributed by atoms with Crippen molar-refractivity contribution < 1.29 is 4.79 Å². The number of aryl methyl sites for hydroxylation is 1. The molecule has 1 fully saturated rings. The average molecular weight is 231 g/mol. The van der Waals surface area contributed by atoms with Gasteiger partial charge in [-0.15, -0.1) is 22.9 Å². The van der Waals surface area contributed by atoms with Crippen molar-refractivity contribution in [3.63, 3.8) is 0 Å². The van der Waals surface area contributed by atoms with E-state index in [-0.39, 0.29) is 5.91 Å². The third-order valence-corrected chi connectivity index (χ3v) is 3.58. The second-order valence-electron chi connectivity index (χ2n) is 3.43. The van der Waals surface area contributed by atoms with Crippen LogP contribution in [-0.4, -0.2) is 16.9 Å². The fourth-order valence-corrected chi connectivity index (χ4v) is 2.14. The van der Waals surface area contributed by atoms with Gasteiger partial charge in [0.15, 0.2) is 0 Å². The van der Waals surface area contributed by atoms with Crippen molar-refractivity contribution in [3.8, 4) is 0 Å². The highest BCUT2D eigenvalue weighted by Gasteiger charge is 2.27. The SMILES string of the molecule is Cc1ncc(C(Cl)C(=O)NC2CC2)s1. The largest absolute Gasteiger partial charge is 0.352 e. The predicted molar refractivity (Wildman–Crippen MR) is 56.6 cm³/mol. The van der Waals surface area contributed by atoms with Gasteiger partial charge < -0.3 is 5.32 Å². The summed E-state index contributed by atoms with van der Waals surface area (Å²) in [4.78, 5) is 16.4. The minimum atomic E-state index is -0.582. The van der Waals surface area contributed by atoms with Crippen LogP contribution in [0.15, 0.2) is 6.20 Å². The number of carbonyl (C=O) groups excluding carboxylic acids is 1. The number of amides is 1. The van der Waals surface area contributed by atoms with E-state index in [1.165, 1.54) is 11.3 Å². The van der Waals surface area contributed by atoms with Crippen molar-refractivity contribution in [2.24, 2.45) is 0 Å². The Hall–Kier alpha value is -0.610. The van der Waals surface area contributed by atoms with E-state index in [0.717, 1.165) is 22.7 Å². The Balaban J connectivity index is 1.99. The number of halogens is 1. The lowest BCUT2D eigenvalue weighted by Gasteiger charge is -2.06. The Kier molecular flexibility index (Phi) is 2.74. The van der Waals surface area contributed by atoms with Crippen LogP contribution in [0.4, 0.5) is 0 Å². The maximum atomic E-state index is 11.5. The molecule has 1 aliphatic carbocycles. The van der Waals surface area contributed by atoms with Crippen molar-refractivity contribution in [2.75, 3.05) is 0 Å². The smallest absolute Gasteiger partial charge is 0.243 e. The van der Waals surface area contributed by atoms with E-state index in [1.54, 1.807) is 6.20 Å². The summed E-state index contributed by atoms with van der Waals surface area (Å²) in [6.45, 7) is 1.90. The zero-order chi connectivity index (χ0) is 10.1. The van der Waals surface area contributed by atoms with E-state index >= 15 is 0 Å². The Labute approximate surface area is 91.5 Å². The number of hydrogen-bond acceptors (Lipinski definition) is 3. The second-order valence-corrected chi connectivity index (χ2v) is 5.13. The van der Waals surface area contributed by atoms with Gasteiger partial charge in [0.25, 0.3) is 0 Å². The zero-order valence-corrected chi connectivity index (χ0v) is 9.36. The van der Waals surface area contributed by atoms with E-state index in [0.29, 0.717) is 6.04 Å². The molecule has 1 saturated carbocycles. The third kappa shape index (κ3) is 2.25. The molecule has 0 radical (unpaired) electrons. The summed E-state index contributed by atoms with van der Waals surface area (Å²) in [6.07, 6.45) is 3.83. The Bertz CT molecular complexity index is 348. The first-order chi connectivity index (χ1) is 6.66. The molecule has 0 aromatic carbocycles. The van der Waals surface area contributed by atoms with Crippen molar-refractivity contribution in [2.45, 2.75) is 31.2 Å². The number of nitrogens with zero attached hydrogens (tertiary/aromatic N) is 1. The van der Waals surface area contributed by atoms with Crippen molar-refractivity contribution in [1.29, 1.82) is 0 Å². The van der Waals surface area contributed by atoms with Gasteiger partial charge in [-0.25, -0.2) is 4.98 Å². The number of alkyl halides is 1. The van der Waals surface area contributed by atoms with Crippen LogP contribution < -0.4 is 5.32 Å². The van der Waals surface area contributed by atoms with Gasteiger partial charge in [0.1, 0.15) is 5.38 Å². The van der Waals surface area contributed by atoms with Gasteiger partial charge in [0.2, 0.25) is 5.91 Å². The number of hydrogen-bond donors (Lipinski definition) is 1. The summed E-state index contributed by atoms with van der Waals surface area (Å²) in [5, 5.41) is 3.22. The molecule has 1 amide bonds. The lowest BCUT2D eigenvalue weighted by molar-refractivity contribution is -0.120. The molecule has 1 aromatic heterocycles. The first-order valence-electron chi connectivity index (χ1n) is 4.53. The topological polar surface area (TPSA) is 42.0 Å². The molecule has 3 nitrogen and oxygen atoms in total. The molecule has 76 valence electrons. The molecule has 0 saturated heterocycles. The van der Waals surface area contributed by atoms with Gasteiger partial charge >= 0.3 is 0 Å². The predicted octanol–water partition coefficient (Wildman–Crippen LogP) is 2.01. The van der Waals surface area contributed by atoms with Crippen LogP contribution in [0.3, 0.4) is 0 Å². The van der Waals surface area contributed by atoms with Gasteiger partial charge in [0, 0.05) is 12.2 Å². The van der Waals surface area contributed by atoms with Crippen LogP contribution in [0.25, 0.3) is 0 Å². The quantitative estimate of drug-likeness (QED) is 0.808. The molecular formula is C9H11ClN2OS. The summed E-state index contributed by atoms with van der Waals surface area (Å²) in [5.74, 6) is -0.0992. The number of carbonyl (C=O) groups is 1.